The molecule has 0 saturated heterocycles. The Kier molecular flexibility index (Phi) is 4.49. The number of benzene rings is 2. The number of ketones is 1. The SMILES string of the molecule is O=C(C=Cc1ccccc1)c1cc(Br)cc([N+](=O)[O-])c1O. The van der Waals surface area contributed by atoms with Gasteiger partial charge in [0.2, 0.25) is 5.75 Å². The summed E-state index contributed by atoms with van der Waals surface area (Å²) in [6, 6.07) is 11.6. The number of phenols is 1. The van der Waals surface area contributed by atoms with Crippen molar-refractivity contribution in [2.75, 3.05) is 0 Å². The number of carbonyl (C=O) groups is 1. The number of rotatable bonds is 4. The lowest BCUT2D eigenvalue weighted by molar-refractivity contribution is -0.386. The first-order chi connectivity index (χ1) is 9.99. The molecule has 0 aromatic heterocycles. The van der Waals surface area contributed by atoms with E-state index in [0.29, 0.717) is 4.47 Å². The average Bonchev–Trinajstić information content (AvgIpc) is 2.47. The largest absolute Gasteiger partial charge is 0.502 e. The van der Waals surface area contributed by atoms with Crippen LogP contribution in [0.4, 0.5) is 5.69 Å². The Labute approximate surface area is 128 Å². The van der Waals surface area contributed by atoms with Crippen molar-refractivity contribution in [3.63, 3.8) is 0 Å². The molecular formula is C15H10BrNO4. The third kappa shape index (κ3) is 3.55. The molecule has 1 N–H and O–H groups in total. The molecule has 0 bridgehead atoms. The van der Waals surface area contributed by atoms with Crippen LogP contribution in [0.3, 0.4) is 0 Å². The zero-order valence-electron chi connectivity index (χ0n) is 10.7. The molecule has 0 heterocycles. The van der Waals surface area contributed by atoms with Gasteiger partial charge in [-0.15, -0.1) is 0 Å². The van der Waals surface area contributed by atoms with Crippen molar-refractivity contribution in [2.24, 2.45) is 0 Å². The van der Waals surface area contributed by atoms with Gasteiger partial charge in [0, 0.05) is 10.5 Å². The molecule has 2 rings (SSSR count). The summed E-state index contributed by atoms with van der Waals surface area (Å²) in [6.07, 6.45) is 2.84. The molecular weight excluding hydrogens is 338 g/mol. The molecule has 0 unspecified atom stereocenters. The van der Waals surface area contributed by atoms with E-state index in [1.807, 2.05) is 30.3 Å². The Bertz CT molecular complexity index is 726. The lowest BCUT2D eigenvalue weighted by Gasteiger charge is -2.03. The summed E-state index contributed by atoms with van der Waals surface area (Å²) < 4.78 is 0.350. The summed E-state index contributed by atoms with van der Waals surface area (Å²) in [5.41, 5.74) is 0.180. The number of allylic oxidation sites excluding steroid dienone is 1. The van der Waals surface area contributed by atoms with Gasteiger partial charge in [-0.2, -0.15) is 0 Å². The number of carbonyl (C=O) groups excluding carboxylic acids is 1. The minimum absolute atomic E-state index is 0.122. The van der Waals surface area contributed by atoms with Gasteiger partial charge in [0.25, 0.3) is 0 Å². The maximum Gasteiger partial charge on any atom is 0.312 e. The molecule has 2 aromatic rings. The highest BCUT2D eigenvalue weighted by atomic mass is 79.9. The van der Waals surface area contributed by atoms with Crippen LogP contribution >= 0.6 is 15.9 Å². The number of phenolic OH excluding ortho intramolecular Hbond substituents is 1. The maximum atomic E-state index is 12.1. The first kappa shape index (κ1) is 14.9. The number of hydrogen-bond acceptors (Lipinski definition) is 4. The van der Waals surface area contributed by atoms with Gasteiger partial charge in [0.15, 0.2) is 5.78 Å². The number of nitro benzene ring substituents is 1. The van der Waals surface area contributed by atoms with Crippen molar-refractivity contribution < 1.29 is 14.8 Å². The predicted octanol–water partition coefficient (Wildman–Crippen LogP) is 3.96. The summed E-state index contributed by atoms with van der Waals surface area (Å²) in [7, 11) is 0. The van der Waals surface area contributed by atoms with Crippen LogP contribution < -0.4 is 0 Å². The molecule has 0 radical (unpaired) electrons. The molecule has 0 saturated carbocycles. The molecule has 106 valence electrons. The molecule has 5 nitrogen and oxygen atoms in total. The molecule has 0 aliphatic carbocycles. The highest BCUT2D eigenvalue weighted by molar-refractivity contribution is 9.10. The zero-order chi connectivity index (χ0) is 15.4. The van der Waals surface area contributed by atoms with E-state index in [4.69, 9.17) is 0 Å². The van der Waals surface area contributed by atoms with Gasteiger partial charge < -0.3 is 5.11 Å². The Morgan fingerprint density at radius 2 is 1.90 bits per heavy atom. The van der Waals surface area contributed by atoms with Crippen molar-refractivity contribution >= 4 is 33.5 Å². The van der Waals surface area contributed by atoms with E-state index in [1.165, 1.54) is 12.1 Å². The molecule has 0 atom stereocenters. The van der Waals surface area contributed by atoms with Gasteiger partial charge in [-0.25, -0.2) is 0 Å². The van der Waals surface area contributed by atoms with Gasteiger partial charge in [-0.05, 0) is 17.7 Å². The van der Waals surface area contributed by atoms with E-state index in [-0.39, 0.29) is 5.56 Å². The molecule has 0 amide bonds. The molecule has 0 aliphatic rings. The first-order valence-electron chi connectivity index (χ1n) is 5.93. The van der Waals surface area contributed by atoms with Crippen molar-refractivity contribution in [3.05, 3.63) is 74.3 Å². The summed E-state index contributed by atoms with van der Waals surface area (Å²) in [5.74, 6) is -1.15. The first-order valence-corrected chi connectivity index (χ1v) is 6.72. The Hall–Kier alpha value is -2.47. The van der Waals surface area contributed by atoms with E-state index >= 15 is 0 Å². The normalized spacial score (nSPS) is 10.7. The fourth-order valence-corrected chi connectivity index (χ4v) is 2.18. The average molecular weight is 348 g/mol. The second-order valence-corrected chi connectivity index (χ2v) is 5.10. The molecule has 0 spiro atoms. The van der Waals surface area contributed by atoms with Gasteiger partial charge in [-0.3, -0.25) is 14.9 Å². The van der Waals surface area contributed by atoms with E-state index in [9.17, 15) is 20.0 Å². The van der Waals surface area contributed by atoms with Gasteiger partial charge in [0.05, 0.1) is 10.5 Å². The monoisotopic (exact) mass is 347 g/mol. The molecule has 2 aromatic carbocycles. The van der Waals surface area contributed by atoms with Gasteiger partial charge in [-0.1, -0.05) is 52.3 Å². The third-order valence-electron chi connectivity index (χ3n) is 2.74. The Balaban J connectivity index is 2.36. The molecule has 21 heavy (non-hydrogen) atoms. The highest BCUT2D eigenvalue weighted by Crippen LogP contribution is 2.33. The smallest absolute Gasteiger partial charge is 0.312 e. The molecule has 0 aliphatic heterocycles. The van der Waals surface area contributed by atoms with E-state index in [2.05, 4.69) is 15.9 Å². The molecule has 0 fully saturated rings. The summed E-state index contributed by atoms with van der Waals surface area (Å²) >= 11 is 3.09. The minimum Gasteiger partial charge on any atom is -0.502 e. The van der Waals surface area contributed by atoms with Crippen molar-refractivity contribution in [2.45, 2.75) is 0 Å². The fraction of sp³-hybridized carbons (Fsp3) is 0. The quantitative estimate of drug-likeness (QED) is 0.393. The number of nitro groups is 1. The topological polar surface area (TPSA) is 80.4 Å². The van der Waals surface area contributed by atoms with Crippen LogP contribution in [-0.4, -0.2) is 15.8 Å². The second kappa shape index (κ2) is 6.32. The van der Waals surface area contributed by atoms with Crippen molar-refractivity contribution in [1.29, 1.82) is 0 Å². The van der Waals surface area contributed by atoms with E-state index < -0.39 is 22.1 Å². The summed E-state index contributed by atoms with van der Waals surface area (Å²) in [4.78, 5) is 22.2. The number of nitrogens with zero attached hydrogens (tertiary/aromatic N) is 1. The highest BCUT2D eigenvalue weighted by Gasteiger charge is 2.21. The fourth-order valence-electron chi connectivity index (χ4n) is 1.74. The van der Waals surface area contributed by atoms with Gasteiger partial charge in [0.1, 0.15) is 0 Å². The minimum atomic E-state index is -0.738. The molecule has 6 heteroatoms. The van der Waals surface area contributed by atoms with Crippen LogP contribution in [-0.2, 0) is 0 Å². The predicted molar refractivity (Wildman–Crippen MR) is 82.3 cm³/mol. The number of halogens is 1. The van der Waals surface area contributed by atoms with Crippen molar-refractivity contribution in [3.8, 4) is 5.75 Å². The van der Waals surface area contributed by atoms with Crippen LogP contribution in [0, 0.1) is 10.1 Å². The second-order valence-electron chi connectivity index (χ2n) is 4.19. The number of hydrogen-bond donors (Lipinski definition) is 1. The third-order valence-corrected chi connectivity index (χ3v) is 3.20. The van der Waals surface area contributed by atoms with Gasteiger partial charge >= 0.3 is 5.69 Å². The van der Waals surface area contributed by atoms with E-state index in [0.717, 1.165) is 11.6 Å². The van der Waals surface area contributed by atoms with Crippen LogP contribution in [0.2, 0.25) is 0 Å². The van der Waals surface area contributed by atoms with Crippen LogP contribution in [0.15, 0.2) is 53.0 Å². The lowest BCUT2D eigenvalue weighted by Crippen LogP contribution is -1.98. The zero-order valence-corrected chi connectivity index (χ0v) is 12.3. The van der Waals surface area contributed by atoms with Crippen LogP contribution in [0.5, 0.6) is 5.75 Å². The maximum absolute atomic E-state index is 12.1. The van der Waals surface area contributed by atoms with E-state index in [1.54, 1.807) is 6.08 Å². The summed E-state index contributed by atoms with van der Waals surface area (Å²) in [5, 5.41) is 20.7. The standard InChI is InChI=1S/C15H10BrNO4/c16-11-8-12(15(19)13(9-11)17(20)21)14(18)7-6-10-4-2-1-3-5-10/h1-9,19H. The lowest BCUT2D eigenvalue weighted by atomic mass is 10.1. The number of aromatic hydroxyl groups is 1. The van der Waals surface area contributed by atoms with Crippen LogP contribution in [0.25, 0.3) is 6.08 Å². The Morgan fingerprint density at radius 3 is 2.52 bits per heavy atom. The summed E-state index contributed by atoms with van der Waals surface area (Å²) in [6.45, 7) is 0. The van der Waals surface area contributed by atoms with Crippen molar-refractivity contribution in [1.82, 2.24) is 0 Å². The Morgan fingerprint density at radius 1 is 1.24 bits per heavy atom. The van der Waals surface area contributed by atoms with Crippen LogP contribution in [0.1, 0.15) is 15.9 Å².